The Morgan fingerprint density at radius 2 is 2.00 bits per heavy atom. The van der Waals surface area contributed by atoms with Crippen molar-refractivity contribution < 1.29 is 18.4 Å². The zero-order chi connectivity index (χ0) is 10.0. The van der Waals surface area contributed by atoms with E-state index in [4.69, 9.17) is 0 Å². The van der Waals surface area contributed by atoms with Gasteiger partial charge in [0.1, 0.15) is 0 Å². The Morgan fingerprint density at radius 1 is 1.46 bits per heavy atom. The lowest BCUT2D eigenvalue weighted by atomic mass is 10.1. The number of halogens is 2. The summed E-state index contributed by atoms with van der Waals surface area (Å²) in [7, 11) is 0. The molecular formula is C7H10F2N2O2. The number of carbonyl (C=O) groups is 2. The van der Waals surface area contributed by atoms with Crippen molar-refractivity contribution in [3.63, 3.8) is 0 Å². The van der Waals surface area contributed by atoms with Gasteiger partial charge in [-0.2, -0.15) is 8.78 Å². The first-order valence-electron chi connectivity index (χ1n) is 3.84. The van der Waals surface area contributed by atoms with Gasteiger partial charge in [0, 0.05) is 20.0 Å². The highest BCUT2D eigenvalue weighted by Crippen LogP contribution is 2.11. The van der Waals surface area contributed by atoms with Gasteiger partial charge >= 0.3 is 6.43 Å². The van der Waals surface area contributed by atoms with Crippen LogP contribution in [0.3, 0.4) is 0 Å². The Bertz CT molecular complexity index is 227. The molecule has 1 aliphatic heterocycles. The summed E-state index contributed by atoms with van der Waals surface area (Å²) in [5.41, 5.74) is 0. The molecule has 0 spiro atoms. The third-order valence-electron chi connectivity index (χ3n) is 1.79. The summed E-state index contributed by atoms with van der Waals surface area (Å²) in [6.45, 7) is 1.71. The lowest BCUT2D eigenvalue weighted by Gasteiger charge is -2.39. The maximum absolute atomic E-state index is 11.8. The van der Waals surface area contributed by atoms with Crippen molar-refractivity contribution in [3.8, 4) is 0 Å². The predicted molar refractivity (Wildman–Crippen MR) is 40.2 cm³/mol. The monoisotopic (exact) mass is 192 g/mol. The van der Waals surface area contributed by atoms with Gasteiger partial charge in [-0.25, -0.2) is 0 Å². The molecule has 1 heterocycles. The molecule has 13 heavy (non-hydrogen) atoms. The van der Waals surface area contributed by atoms with Gasteiger partial charge in [-0.15, -0.1) is 0 Å². The van der Waals surface area contributed by atoms with Gasteiger partial charge in [-0.3, -0.25) is 9.59 Å². The third-order valence-corrected chi connectivity index (χ3v) is 1.79. The third kappa shape index (κ3) is 2.37. The maximum atomic E-state index is 11.8. The fraction of sp³-hybridized carbons (Fsp3) is 0.714. The van der Waals surface area contributed by atoms with E-state index in [0.29, 0.717) is 0 Å². The van der Waals surface area contributed by atoms with Crippen LogP contribution in [0, 0.1) is 0 Å². The zero-order valence-electron chi connectivity index (χ0n) is 7.09. The fourth-order valence-electron chi connectivity index (χ4n) is 1.18. The van der Waals surface area contributed by atoms with Gasteiger partial charge in [0.15, 0.2) is 0 Å². The topological polar surface area (TPSA) is 49.4 Å². The molecule has 0 aromatic carbocycles. The first-order chi connectivity index (χ1) is 6.00. The smallest absolute Gasteiger partial charge is 0.315 e. The van der Waals surface area contributed by atoms with E-state index >= 15 is 0 Å². The normalized spacial score (nSPS) is 17.1. The quantitative estimate of drug-likeness (QED) is 0.647. The second-order valence-corrected chi connectivity index (χ2v) is 2.94. The Hall–Kier alpha value is -1.20. The summed E-state index contributed by atoms with van der Waals surface area (Å²) >= 11 is 0. The van der Waals surface area contributed by atoms with Gasteiger partial charge in [-0.1, -0.05) is 0 Å². The summed E-state index contributed by atoms with van der Waals surface area (Å²) < 4.78 is 23.6. The van der Waals surface area contributed by atoms with Crippen molar-refractivity contribution in [2.45, 2.75) is 19.4 Å². The molecule has 4 nitrogen and oxygen atoms in total. The van der Waals surface area contributed by atoms with Gasteiger partial charge in [0.2, 0.25) is 5.91 Å². The van der Waals surface area contributed by atoms with E-state index < -0.39 is 12.3 Å². The standard InChI is InChI=1S/C7H10F2N2O2/c1-4(12)10-5-2-11(3-5)7(13)6(8)9/h5-6H,2-3H2,1H3,(H,10,12). The number of likely N-dealkylation sites (tertiary alicyclic amines) is 1. The largest absolute Gasteiger partial charge is 0.350 e. The highest BCUT2D eigenvalue weighted by atomic mass is 19.3. The average Bonchev–Trinajstić information content (AvgIpc) is 1.94. The van der Waals surface area contributed by atoms with Crippen LogP contribution < -0.4 is 5.32 Å². The number of alkyl halides is 2. The van der Waals surface area contributed by atoms with Crippen LogP contribution in [0.2, 0.25) is 0 Å². The van der Waals surface area contributed by atoms with Crippen LogP contribution in [0.15, 0.2) is 0 Å². The van der Waals surface area contributed by atoms with Crippen molar-refractivity contribution in [1.82, 2.24) is 10.2 Å². The molecule has 0 bridgehead atoms. The number of nitrogens with one attached hydrogen (secondary N) is 1. The molecule has 6 heteroatoms. The highest BCUT2D eigenvalue weighted by Gasteiger charge is 2.34. The molecule has 1 saturated heterocycles. The van der Waals surface area contributed by atoms with Crippen molar-refractivity contribution in [3.05, 3.63) is 0 Å². The summed E-state index contributed by atoms with van der Waals surface area (Å²) in [6.07, 6.45) is -2.95. The van der Waals surface area contributed by atoms with Gasteiger partial charge in [0.25, 0.3) is 5.91 Å². The summed E-state index contributed by atoms with van der Waals surface area (Å²) in [5, 5.41) is 2.53. The fourth-order valence-corrected chi connectivity index (χ4v) is 1.18. The van der Waals surface area contributed by atoms with E-state index in [1.165, 1.54) is 6.92 Å². The number of hydrogen-bond acceptors (Lipinski definition) is 2. The molecular weight excluding hydrogens is 182 g/mol. The molecule has 0 aliphatic carbocycles. The first-order valence-corrected chi connectivity index (χ1v) is 3.84. The summed E-state index contributed by atoms with van der Waals surface area (Å²) in [5.74, 6) is -1.38. The number of rotatable bonds is 2. The van der Waals surface area contributed by atoms with Crippen LogP contribution in [0.5, 0.6) is 0 Å². The molecule has 1 N–H and O–H groups in total. The molecule has 0 saturated carbocycles. The van der Waals surface area contributed by atoms with E-state index in [-0.39, 0.29) is 25.0 Å². The molecule has 74 valence electrons. The summed E-state index contributed by atoms with van der Waals surface area (Å²) in [6, 6.07) is -0.166. The molecule has 1 aliphatic rings. The lowest BCUT2D eigenvalue weighted by Crippen LogP contribution is -2.61. The van der Waals surface area contributed by atoms with Crippen LogP contribution in [-0.4, -0.2) is 42.3 Å². The minimum atomic E-state index is -2.95. The Morgan fingerprint density at radius 3 is 2.38 bits per heavy atom. The average molecular weight is 192 g/mol. The Balaban J connectivity index is 2.25. The highest BCUT2D eigenvalue weighted by molar-refractivity contribution is 5.81. The Labute approximate surface area is 73.9 Å². The van der Waals surface area contributed by atoms with Crippen molar-refractivity contribution >= 4 is 11.8 Å². The van der Waals surface area contributed by atoms with Gasteiger partial charge in [0.05, 0.1) is 6.04 Å². The zero-order valence-corrected chi connectivity index (χ0v) is 7.09. The number of nitrogens with zero attached hydrogens (tertiary/aromatic N) is 1. The van der Waals surface area contributed by atoms with Crippen LogP contribution in [0.25, 0.3) is 0 Å². The van der Waals surface area contributed by atoms with E-state index in [2.05, 4.69) is 5.32 Å². The van der Waals surface area contributed by atoms with Crippen molar-refractivity contribution in [2.75, 3.05) is 13.1 Å². The van der Waals surface area contributed by atoms with Gasteiger partial charge < -0.3 is 10.2 Å². The van der Waals surface area contributed by atoms with Crippen LogP contribution in [-0.2, 0) is 9.59 Å². The molecule has 0 aromatic heterocycles. The van der Waals surface area contributed by atoms with E-state index in [9.17, 15) is 18.4 Å². The molecule has 0 aromatic rings. The van der Waals surface area contributed by atoms with Crippen molar-refractivity contribution in [2.24, 2.45) is 0 Å². The lowest BCUT2D eigenvalue weighted by molar-refractivity contribution is -0.148. The number of carbonyl (C=O) groups excluding carboxylic acids is 2. The second kappa shape index (κ2) is 3.68. The van der Waals surface area contributed by atoms with E-state index in [1.54, 1.807) is 0 Å². The molecule has 2 amide bonds. The van der Waals surface area contributed by atoms with Crippen LogP contribution >= 0.6 is 0 Å². The van der Waals surface area contributed by atoms with Crippen LogP contribution in [0.1, 0.15) is 6.92 Å². The molecule has 1 rings (SSSR count). The first kappa shape index (κ1) is 9.88. The number of hydrogen-bond donors (Lipinski definition) is 1. The minimum Gasteiger partial charge on any atom is -0.350 e. The summed E-state index contributed by atoms with van der Waals surface area (Å²) in [4.78, 5) is 22.1. The molecule has 0 atom stereocenters. The predicted octanol–water partition coefficient (Wildman–Crippen LogP) is -0.402. The Kier molecular flexibility index (Phi) is 2.79. The molecule has 1 fully saturated rings. The molecule has 0 radical (unpaired) electrons. The van der Waals surface area contributed by atoms with Crippen molar-refractivity contribution in [1.29, 1.82) is 0 Å². The van der Waals surface area contributed by atoms with E-state index in [0.717, 1.165) is 4.90 Å². The minimum absolute atomic E-state index is 0.166. The van der Waals surface area contributed by atoms with E-state index in [1.807, 2.05) is 0 Å². The molecule has 0 unspecified atom stereocenters. The second-order valence-electron chi connectivity index (χ2n) is 2.94. The maximum Gasteiger partial charge on any atom is 0.315 e. The number of amides is 2. The van der Waals surface area contributed by atoms with Gasteiger partial charge in [-0.05, 0) is 0 Å². The SMILES string of the molecule is CC(=O)NC1CN(C(=O)C(F)F)C1. The van der Waals surface area contributed by atoms with Crippen LogP contribution in [0.4, 0.5) is 8.78 Å².